The molecule has 1 atom stereocenters. The highest BCUT2D eigenvalue weighted by Crippen LogP contribution is 2.28. The summed E-state index contributed by atoms with van der Waals surface area (Å²) in [6, 6.07) is 15.8. The predicted octanol–water partition coefficient (Wildman–Crippen LogP) is 3.28. The maximum absolute atomic E-state index is 10.3. The highest BCUT2D eigenvalue weighted by atomic mass is 16.5. The molecule has 0 aliphatic heterocycles. The van der Waals surface area contributed by atoms with E-state index in [1.54, 1.807) is 7.11 Å². The second-order valence-electron chi connectivity index (χ2n) is 4.45. The minimum atomic E-state index is -0.539. The molecule has 0 saturated carbocycles. The summed E-state index contributed by atoms with van der Waals surface area (Å²) in [5.41, 5.74) is 3.09. The Bertz CT molecular complexity index is 506. The summed E-state index contributed by atoms with van der Waals surface area (Å²) >= 11 is 0. The van der Waals surface area contributed by atoms with E-state index in [2.05, 4.69) is 0 Å². The van der Waals surface area contributed by atoms with Gasteiger partial charge < -0.3 is 9.84 Å². The number of hydrogen-bond donors (Lipinski definition) is 1. The van der Waals surface area contributed by atoms with Crippen LogP contribution in [0.25, 0.3) is 0 Å². The van der Waals surface area contributed by atoms with Gasteiger partial charge in [-0.1, -0.05) is 42.5 Å². The van der Waals surface area contributed by atoms with E-state index in [-0.39, 0.29) is 0 Å². The first-order chi connectivity index (χ1) is 8.70. The van der Waals surface area contributed by atoms with Crippen LogP contribution in [0.1, 0.15) is 22.8 Å². The molecule has 1 unspecified atom stereocenters. The molecule has 2 nitrogen and oxygen atoms in total. The molecule has 94 valence electrons. The fourth-order valence-electron chi connectivity index (χ4n) is 2.04. The molecule has 0 spiro atoms. The van der Waals surface area contributed by atoms with Gasteiger partial charge in [-0.15, -0.1) is 0 Å². The molecule has 0 aliphatic rings. The van der Waals surface area contributed by atoms with E-state index in [0.717, 1.165) is 22.4 Å². The molecule has 0 heterocycles. The summed E-state index contributed by atoms with van der Waals surface area (Å²) in [7, 11) is 1.63. The Hall–Kier alpha value is -1.80. The van der Waals surface area contributed by atoms with Gasteiger partial charge in [-0.3, -0.25) is 0 Å². The van der Waals surface area contributed by atoms with Gasteiger partial charge in [0.2, 0.25) is 0 Å². The summed E-state index contributed by atoms with van der Waals surface area (Å²) in [6.07, 6.45) is 0.0585. The Morgan fingerprint density at radius 1 is 1.11 bits per heavy atom. The number of aryl methyl sites for hydroxylation is 1. The van der Waals surface area contributed by atoms with Crippen molar-refractivity contribution < 1.29 is 9.84 Å². The summed E-state index contributed by atoms with van der Waals surface area (Å²) in [6.45, 7) is 2.01. The molecule has 0 saturated heterocycles. The molecule has 0 fully saturated rings. The summed E-state index contributed by atoms with van der Waals surface area (Å²) in [4.78, 5) is 0. The Morgan fingerprint density at radius 3 is 2.50 bits per heavy atom. The fraction of sp³-hybridized carbons (Fsp3) is 0.250. The number of methoxy groups -OCH3 is 1. The lowest BCUT2D eigenvalue weighted by molar-refractivity contribution is 0.174. The molecule has 2 aromatic carbocycles. The average molecular weight is 242 g/mol. The summed E-state index contributed by atoms with van der Waals surface area (Å²) in [5, 5.41) is 10.3. The maximum atomic E-state index is 10.3. The van der Waals surface area contributed by atoms with Crippen LogP contribution in [0.15, 0.2) is 48.5 Å². The van der Waals surface area contributed by atoms with Crippen LogP contribution in [0.3, 0.4) is 0 Å². The first-order valence-corrected chi connectivity index (χ1v) is 6.07. The summed E-state index contributed by atoms with van der Waals surface area (Å²) < 4.78 is 5.32. The topological polar surface area (TPSA) is 29.5 Å². The molecule has 2 rings (SSSR count). The lowest BCUT2D eigenvalue weighted by atomic mass is 9.99. The number of rotatable bonds is 4. The van der Waals surface area contributed by atoms with Crippen molar-refractivity contribution in [1.82, 2.24) is 0 Å². The second kappa shape index (κ2) is 5.69. The minimum absolute atomic E-state index is 0.539. The molecule has 0 radical (unpaired) electrons. The van der Waals surface area contributed by atoms with Crippen LogP contribution in [-0.2, 0) is 6.42 Å². The Labute approximate surface area is 108 Å². The highest BCUT2D eigenvalue weighted by molar-refractivity contribution is 5.39. The Balaban J connectivity index is 2.21. The molecular formula is C16H18O2. The predicted molar refractivity (Wildman–Crippen MR) is 72.8 cm³/mol. The van der Waals surface area contributed by atoms with E-state index in [0.29, 0.717) is 6.42 Å². The van der Waals surface area contributed by atoms with Crippen molar-refractivity contribution >= 4 is 0 Å². The van der Waals surface area contributed by atoms with Crippen molar-refractivity contribution in [2.24, 2.45) is 0 Å². The van der Waals surface area contributed by atoms with Gasteiger partial charge in [-0.25, -0.2) is 0 Å². The Kier molecular flexibility index (Phi) is 4.00. The maximum Gasteiger partial charge on any atom is 0.124 e. The van der Waals surface area contributed by atoms with Crippen LogP contribution in [0, 0.1) is 6.92 Å². The van der Waals surface area contributed by atoms with Crippen LogP contribution < -0.4 is 4.74 Å². The van der Waals surface area contributed by atoms with Gasteiger partial charge >= 0.3 is 0 Å². The highest BCUT2D eigenvalue weighted by Gasteiger charge is 2.13. The third-order valence-corrected chi connectivity index (χ3v) is 3.02. The van der Waals surface area contributed by atoms with E-state index < -0.39 is 6.10 Å². The van der Waals surface area contributed by atoms with Gasteiger partial charge in [0.25, 0.3) is 0 Å². The van der Waals surface area contributed by atoms with Crippen molar-refractivity contribution in [2.45, 2.75) is 19.4 Å². The second-order valence-corrected chi connectivity index (χ2v) is 4.45. The largest absolute Gasteiger partial charge is 0.496 e. The standard InChI is InChI=1S/C16H18O2/c1-12-8-9-14(16(10-12)18-2)15(17)11-13-6-4-3-5-7-13/h3-10,15,17H,11H2,1-2H3. The smallest absolute Gasteiger partial charge is 0.124 e. The van der Waals surface area contributed by atoms with Gasteiger partial charge in [0.05, 0.1) is 13.2 Å². The third kappa shape index (κ3) is 2.90. The monoisotopic (exact) mass is 242 g/mol. The molecular weight excluding hydrogens is 224 g/mol. The lowest BCUT2D eigenvalue weighted by Gasteiger charge is -2.15. The van der Waals surface area contributed by atoms with Gasteiger partial charge in [-0.2, -0.15) is 0 Å². The van der Waals surface area contributed by atoms with Gasteiger partial charge in [-0.05, 0) is 24.1 Å². The van der Waals surface area contributed by atoms with Gasteiger partial charge in [0, 0.05) is 12.0 Å². The van der Waals surface area contributed by atoms with Crippen molar-refractivity contribution in [3.05, 3.63) is 65.2 Å². The van der Waals surface area contributed by atoms with Crippen LogP contribution in [0.4, 0.5) is 0 Å². The number of hydrogen-bond acceptors (Lipinski definition) is 2. The Morgan fingerprint density at radius 2 is 1.83 bits per heavy atom. The zero-order valence-electron chi connectivity index (χ0n) is 10.8. The number of benzene rings is 2. The summed E-state index contributed by atoms with van der Waals surface area (Å²) in [5.74, 6) is 0.749. The molecule has 1 N–H and O–H groups in total. The minimum Gasteiger partial charge on any atom is -0.496 e. The molecule has 18 heavy (non-hydrogen) atoms. The molecule has 0 aromatic heterocycles. The van der Waals surface area contributed by atoms with Crippen LogP contribution >= 0.6 is 0 Å². The van der Waals surface area contributed by atoms with Crippen LogP contribution in [0.5, 0.6) is 5.75 Å². The average Bonchev–Trinajstić information content (AvgIpc) is 2.39. The quantitative estimate of drug-likeness (QED) is 0.891. The van der Waals surface area contributed by atoms with Crippen molar-refractivity contribution in [2.75, 3.05) is 7.11 Å². The zero-order chi connectivity index (χ0) is 13.0. The van der Waals surface area contributed by atoms with Gasteiger partial charge in [0.15, 0.2) is 0 Å². The van der Waals surface area contributed by atoms with Crippen molar-refractivity contribution in [1.29, 1.82) is 0 Å². The van der Waals surface area contributed by atoms with E-state index in [4.69, 9.17) is 4.74 Å². The number of aliphatic hydroxyl groups is 1. The third-order valence-electron chi connectivity index (χ3n) is 3.02. The number of aliphatic hydroxyl groups excluding tert-OH is 1. The van der Waals surface area contributed by atoms with E-state index in [1.165, 1.54) is 0 Å². The van der Waals surface area contributed by atoms with Crippen LogP contribution in [-0.4, -0.2) is 12.2 Å². The fourth-order valence-corrected chi connectivity index (χ4v) is 2.04. The van der Waals surface area contributed by atoms with Gasteiger partial charge in [0.1, 0.15) is 5.75 Å². The first-order valence-electron chi connectivity index (χ1n) is 6.07. The molecule has 2 aromatic rings. The van der Waals surface area contributed by atoms with E-state index >= 15 is 0 Å². The molecule has 0 amide bonds. The van der Waals surface area contributed by atoms with Crippen LogP contribution in [0.2, 0.25) is 0 Å². The normalized spacial score (nSPS) is 12.2. The molecule has 0 bridgehead atoms. The zero-order valence-corrected chi connectivity index (χ0v) is 10.8. The molecule has 0 aliphatic carbocycles. The molecule has 2 heteroatoms. The van der Waals surface area contributed by atoms with E-state index in [9.17, 15) is 5.11 Å². The van der Waals surface area contributed by atoms with Crippen molar-refractivity contribution in [3.63, 3.8) is 0 Å². The first kappa shape index (κ1) is 12.7. The van der Waals surface area contributed by atoms with Crippen molar-refractivity contribution in [3.8, 4) is 5.75 Å². The van der Waals surface area contributed by atoms with E-state index in [1.807, 2.05) is 55.5 Å². The lowest BCUT2D eigenvalue weighted by Crippen LogP contribution is -2.04. The SMILES string of the molecule is COc1cc(C)ccc1C(O)Cc1ccccc1. The number of ether oxygens (including phenoxy) is 1.